The van der Waals surface area contributed by atoms with Crippen LogP contribution < -0.4 is 4.74 Å². The SMILES string of the molecule is O=C(Oc1ccc(/C=C2\SC(=O)N(Cc3ccc([N+](=O)[O-])cc3)C2=O)cc1Br)c1cccc2ccccc12. The lowest BCUT2D eigenvalue weighted by Crippen LogP contribution is -2.27. The zero-order valence-corrected chi connectivity index (χ0v) is 21.9. The molecular formula is C28H17BrN2O6S. The van der Waals surface area contributed by atoms with E-state index in [0.29, 0.717) is 26.9 Å². The highest BCUT2D eigenvalue weighted by Crippen LogP contribution is 2.35. The monoisotopic (exact) mass is 588 g/mol. The van der Waals surface area contributed by atoms with E-state index in [9.17, 15) is 24.5 Å². The maximum absolute atomic E-state index is 12.9. The molecule has 1 heterocycles. The summed E-state index contributed by atoms with van der Waals surface area (Å²) in [5.41, 5.74) is 1.60. The van der Waals surface area contributed by atoms with Gasteiger partial charge in [-0.15, -0.1) is 0 Å². The lowest BCUT2D eigenvalue weighted by atomic mass is 10.0. The van der Waals surface area contributed by atoms with Gasteiger partial charge in [0.15, 0.2) is 0 Å². The number of nitro benzene ring substituents is 1. The number of ether oxygens (including phenoxy) is 1. The number of hydrogen-bond acceptors (Lipinski definition) is 7. The van der Waals surface area contributed by atoms with E-state index in [1.54, 1.807) is 36.4 Å². The minimum atomic E-state index is -0.513. The van der Waals surface area contributed by atoms with E-state index in [-0.39, 0.29) is 17.1 Å². The fourth-order valence-electron chi connectivity index (χ4n) is 3.94. The molecule has 1 aliphatic rings. The van der Waals surface area contributed by atoms with Crippen LogP contribution in [0.5, 0.6) is 5.75 Å². The molecule has 0 bridgehead atoms. The number of non-ortho nitro benzene ring substituents is 1. The summed E-state index contributed by atoms with van der Waals surface area (Å²) in [7, 11) is 0. The van der Waals surface area contributed by atoms with Crippen molar-refractivity contribution in [2.75, 3.05) is 0 Å². The largest absolute Gasteiger partial charge is 0.422 e. The topological polar surface area (TPSA) is 107 Å². The highest BCUT2D eigenvalue weighted by atomic mass is 79.9. The van der Waals surface area contributed by atoms with E-state index in [0.717, 1.165) is 27.4 Å². The van der Waals surface area contributed by atoms with Crippen LogP contribution in [0.25, 0.3) is 16.8 Å². The summed E-state index contributed by atoms with van der Waals surface area (Å²) >= 11 is 4.24. The van der Waals surface area contributed by atoms with Gasteiger partial charge in [-0.1, -0.05) is 54.6 Å². The first-order valence-electron chi connectivity index (χ1n) is 11.3. The van der Waals surface area contributed by atoms with Crippen molar-refractivity contribution in [3.63, 3.8) is 0 Å². The number of hydrogen-bond donors (Lipinski definition) is 0. The predicted octanol–water partition coefficient (Wildman–Crippen LogP) is 6.97. The molecule has 10 heteroatoms. The zero-order chi connectivity index (χ0) is 26.8. The van der Waals surface area contributed by atoms with Crippen LogP contribution >= 0.6 is 27.7 Å². The van der Waals surface area contributed by atoms with Gasteiger partial charge in [0.25, 0.3) is 16.8 Å². The Morgan fingerprint density at radius 3 is 2.47 bits per heavy atom. The molecule has 0 aromatic heterocycles. The number of carbonyl (C=O) groups excluding carboxylic acids is 3. The lowest BCUT2D eigenvalue weighted by molar-refractivity contribution is -0.384. The first-order chi connectivity index (χ1) is 18.3. The van der Waals surface area contributed by atoms with Gasteiger partial charge in [0.2, 0.25) is 0 Å². The molecule has 4 aromatic carbocycles. The van der Waals surface area contributed by atoms with Crippen molar-refractivity contribution in [1.82, 2.24) is 4.90 Å². The number of halogens is 1. The number of nitrogens with zero attached hydrogens (tertiary/aromatic N) is 2. The first kappa shape index (κ1) is 25.4. The predicted molar refractivity (Wildman–Crippen MR) is 148 cm³/mol. The molecule has 0 N–H and O–H groups in total. The number of thioether (sulfide) groups is 1. The summed E-state index contributed by atoms with van der Waals surface area (Å²) < 4.78 is 6.13. The molecule has 4 aromatic rings. The van der Waals surface area contributed by atoms with Gasteiger partial charge >= 0.3 is 5.97 Å². The number of esters is 1. The van der Waals surface area contributed by atoms with Crippen LogP contribution in [0.1, 0.15) is 21.5 Å². The minimum absolute atomic E-state index is 0.00670. The van der Waals surface area contributed by atoms with Crippen molar-refractivity contribution in [3.05, 3.63) is 121 Å². The molecule has 0 radical (unpaired) electrons. The molecule has 1 saturated heterocycles. The number of nitro groups is 1. The second-order valence-electron chi connectivity index (χ2n) is 8.30. The molecule has 0 unspecified atom stereocenters. The van der Waals surface area contributed by atoms with E-state index in [4.69, 9.17) is 4.74 Å². The minimum Gasteiger partial charge on any atom is -0.422 e. The van der Waals surface area contributed by atoms with Crippen molar-refractivity contribution in [1.29, 1.82) is 0 Å². The molecule has 1 fully saturated rings. The number of rotatable bonds is 6. The Morgan fingerprint density at radius 2 is 1.74 bits per heavy atom. The van der Waals surface area contributed by atoms with Gasteiger partial charge < -0.3 is 4.74 Å². The Balaban J connectivity index is 1.30. The summed E-state index contributed by atoms with van der Waals surface area (Å²) in [6.07, 6.45) is 1.59. The van der Waals surface area contributed by atoms with Gasteiger partial charge in [0.1, 0.15) is 5.75 Å². The lowest BCUT2D eigenvalue weighted by Gasteiger charge is -2.12. The number of benzene rings is 4. The average molecular weight is 589 g/mol. The summed E-state index contributed by atoms with van der Waals surface area (Å²) in [5, 5.41) is 12.1. The second kappa shape index (κ2) is 10.6. The third-order valence-corrected chi connectivity index (χ3v) is 7.35. The van der Waals surface area contributed by atoms with Crippen LogP contribution in [0.15, 0.2) is 94.3 Å². The third-order valence-electron chi connectivity index (χ3n) is 5.83. The van der Waals surface area contributed by atoms with Crippen LogP contribution in [0, 0.1) is 10.1 Å². The fourth-order valence-corrected chi connectivity index (χ4v) is 5.26. The van der Waals surface area contributed by atoms with Crippen molar-refractivity contribution in [2.45, 2.75) is 6.54 Å². The molecule has 0 atom stereocenters. The third kappa shape index (κ3) is 5.22. The summed E-state index contributed by atoms with van der Waals surface area (Å²) in [6.45, 7) is 0.00670. The number of imide groups is 1. The highest BCUT2D eigenvalue weighted by Gasteiger charge is 2.35. The van der Waals surface area contributed by atoms with Gasteiger partial charge in [-0.25, -0.2) is 4.79 Å². The van der Waals surface area contributed by atoms with Crippen molar-refractivity contribution < 1.29 is 24.0 Å². The summed E-state index contributed by atoms with van der Waals surface area (Å²) in [6, 6.07) is 23.6. The Labute approximate surface area is 229 Å². The highest BCUT2D eigenvalue weighted by molar-refractivity contribution is 9.10. The molecule has 0 aliphatic carbocycles. The second-order valence-corrected chi connectivity index (χ2v) is 10.1. The molecule has 8 nitrogen and oxygen atoms in total. The van der Waals surface area contributed by atoms with E-state index < -0.39 is 22.0 Å². The Bertz CT molecular complexity index is 1650. The van der Waals surface area contributed by atoms with Crippen molar-refractivity contribution in [3.8, 4) is 5.75 Å². The molecule has 38 heavy (non-hydrogen) atoms. The maximum atomic E-state index is 12.9. The Hall–Kier alpha value is -4.28. The summed E-state index contributed by atoms with van der Waals surface area (Å²) in [4.78, 5) is 49.9. The van der Waals surface area contributed by atoms with Crippen LogP contribution in [-0.4, -0.2) is 26.9 Å². The van der Waals surface area contributed by atoms with E-state index in [2.05, 4.69) is 15.9 Å². The molecule has 0 saturated carbocycles. The quantitative estimate of drug-likeness (QED) is 0.0786. The van der Waals surface area contributed by atoms with Gasteiger partial charge in [-0.3, -0.25) is 24.6 Å². The van der Waals surface area contributed by atoms with Crippen LogP contribution in [-0.2, 0) is 11.3 Å². The van der Waals surface area contributed by atoms with Crippen molar-refractivity contribution >= 4 is 67.3 Å². The molecule has 188 valence electrons. The zero-order valence-electron chi connectivity index (χ0n) is 19.5. The molecule has 1 aliphatic heterocycles. The fraction of sp³-hybridized carbons (Fsp3) is 0.0357. The smallest absolute Gasteiger partial charge is 0.344 e. The Kier molecular flexibility index (Phi) is 7.08. The van der Waals surface area contributed by atoms with Gasteiger partial charge in [0.05, 0.1) is 26.4 Å². The Morgan fingerprint density at radius 1 is 1.00 bits per heavy atom. The van der Waals surface area contributed by atoms with Crippen LogP contribution in [0.2, 0.25) is 0 Å². The first-order valence-corrected chi connectivity index (χ1v) is 12.9. The van der Waals surface area contributed by atoms with E-state index >= 15 is 0 Å². The van der Waals surface area contributed by atoms with E-state index in [1.165, 1.54) is 24.3 Å². The molecular weight excluding hydrogens is 572 g/mol. The average Bonchev–Trinajstić information content (AvgIpc) is 3.17. The van der Waals surface area contributed by atoms with Gasteiger partial charge in [-0.05, 0) is 73.9 Å². The molecule has 2 amide bonds. The molecule has 5 rings (SSSR count). The normalized spacial score (nSPS) is 14.3. The number of fused-ring (bicyclic) bond motifs is 1. The maximum Gasteiger partial charge on any atom is 0.344 e. The van der Waals surface area contributed by atoms with Gasteiger partial charge in [-0.2, -0.15) is 0 Å². The van der Waals surface area contributed by atoms with Crippen LogP contribution in [0.4, 0.5) is 10.5 Å². The van der Waals surface area contributed by atoms with Crippen molar-refractivity contribution in [2.24, 2.45) is 0 Å². The van der Waals surface area contributed by atoms with Crippen LogP contribution in [0.3, 0.4) is 0 Å². The van der Waals surface area contributed by atoms with Gasteiger partial charge in [0, 0.05) is 12.1 Å². The standard InChI is InChI=1S/C28H17BrN2O6S/c29-23-14-18(10-13-24(23)37-27(33)22-7-3-5-19-4-1-2-6-21(19)22)15-25-26(32)30(28(34)38-25)16-17-8-11-20(12-9-17)31(35)36/h1-15H,16H2/b25-15-. The number of amides is 2. The number of carbonyl (C=O) groups is 3. The van der Waals surface area contributed by atoms with E-state index in [1.807, 2.05) is 30.3 Å². The molecule has 0 spiro atoms. The summed E-state index contributed by atoms with van der Waals surface area (Å²) in [5.74, 6) is -0.644.